The molecular weight excluding hydrogens is 362 g/mol. The Balaban J connectivity index is 2.02. The number of nitrogens with one attached hydrogen (secondary N) is 1. The van der Waals surface area contributed by atoms with Gasteiger partial charge in [0.1, 0.15) is 11.3 Å². The van der Waals surface area contributed by atoms with E-state index in [0.29, 0.717) is 28.3 Å². The Hall–Kier alpha value is -3.20. The van der Waals surface area contributed by atoms with Crippen molar-refractivity contribution >= 4 is 35.0 Å². The average Bonchev–Trinajstić information content (AvgIpc) is 3.05. The predicted molar refractivity (Wildman–Crippen MR) is 93.3 cm³/mol. The first-order valence-corrected chi connectivity index (χ1v) is 7.77. The summed E-state index contributed by atoms with van der Waals surface area (Å²) in [7, 11) is 2.56. The minimum absolute atomic E-state index is 0.182. The molecule has 3 rings (SSSR count). The maximum Gasteiger partial charge on any atom is 0.412 e. The highest BCUT2D eigenvalue weighted by atomic mass is 35.5. The molecule has 3 aromatic rings. The number of hydrogen-bond donors (Lipinski definition) is 1. The molecule has 3 heterocycles. The van der Waals surface area contributed by atoms with Gasteiger partial charge in [-0.05, 0) is 24.6 Å². The lowest BCUT2D eigenvalue weighted by Crippen LogP contribution is -2.12. The third-order valence-electron chi connectivity index (χ3n) is 3.61. The van der Waals surface area contributed by atoms with Gasteiger partial charge in [-0.1, -0.05) is 11.6 Å². The van der Waals surface area contributed by atoms with Crippen molar-refractivity contribution in [3.8, 4) is 11.4 Å². The number of halogens is 1. The number of ether oxygens (including phenoxy) is 2. The fourth-order valence-corrected chi connectivity index (χ4v) is 2.54. The van der Waals surface area contributed by atoms with E-state index in [-0.39, 0.29) is 5.15 Å². The molecule has 0 atom stereocenters. The largest absolute Gasteiger partial charge is 0.465 e. The van der Waals surface area contributed by atoms with Gasteiger partial charge in [0, 0.05) is 18.0 Å². The highest BCUT2D eigenvalue weighted by molar-refractivity contribution is 6.32. The van der Waals surface area contributed by atoms with Gasteiger partial charge in [-0.25, -0.2) is 24.1 Å². The van der Waals surface area contributed by atoms with Crippen LogP contribution >= 0.6 is 11.6 Å². The van der Waals surface area contributed by atoms with Crippen molar-refractivity contribution in [1.29, 1.82) is 0 Å². The number of hydrogen-bond acceptors (Lipinski definition) is 7. The molecule has 0 bridgehead atoms. The monoisotopic (exact) mass is 375 g/mol. The number of pyridine rings is 1. The van der Waals surface area contributed by atoms with E-state index >= 15 is 0 Å². The molecule has 26 heavy (non-hydrogen) atoms. The van der Waals surface area contributed by atoms with E-state index in [9.17, 15) is 9.59 Å². The summed E-state index contributed by atoms with van der Waals surface area (Å²) in [5.74, 6) is 0.160. The highest BCUT2D eigenvalue weighted by Crippen LogP contribution is 2.25. The van der Waals surface area contributed by atoms with Crippen LogP contribution in [0.5, 0.6) is 0 Å². The number of nitrogens with zero attached hydrogens (tertiary/aromatic N) is 4. The molecule has 0 spiro atoms. The predicted octanol–water partition coefficient (Wildman–Crippen LogP) is 2.72. The lowest BCUT2D eigenvalue weighted by atomic mass is 10.1. The molecule has 0 unspecified atom stereocenters. The van der Waals surface area contributed by atoms with E-state index < -0.39 is 12.1 Å². The van der Waals surface area contributed by atoms with Gasteiger partial charge in [0.25, 0.3) is 0 Å². The summed E-state index contributed by atoms with van der Waals surface area (Å²) < 4.78 is 10.7. The first-order valence-electron chi connectivity index (χ1n) is 7.39. The van der Waals surface area contributed by atoms with Gasteiger partial charge in [-0.3, -0.25) is 5.32 Å². The van der Waals surface area contributed by atoms with Gasteiger partial charge in [0.15, 0.2) is 11.0 Å². The average molecular weight is 376 g/mol. The Kier molecular flexibility index (Phi) is 4.72. The van der Waals surface area contributed by atoms with E-state index in [4.69, 9.17) is 16.3 Å². The van der Waals surface area contributed by atoms with Gasteiger partial charge in [0.2, 0.25) is 0 Å². The van der Waals surface area contributed by atoms with Crippen LogP contribution in [-0.4, -0.2) is 45.9 Å². The van der Waals surface area contributed by atoms with Crippen molar-refractivity contribution in [3.05, 3.63) is 40.8 Å². The van der Waals surface area contributed by atoms with Crippen LogP contribution in [0.15, 0.2) is 24.5 Å². The van der Waals surface area contributed by atoms with E-state index in [0.717, 1.165) is 5.56 Å². The van der Waals surface area contributed by atoms with Gasteiger partial charge < -0.3 is 9.47 Å². The van der Waals surface area contributed by atoms with Crippen LogP contribution in [0, 0.1) is 6.92 Å². The van der Waals surface area contributed by atoms with Gasteiger partial charge in [0.05, 0.1) is 19.8 Å². The number of anilines is 1. The molecule has 9 nitrogen and oxygen atoms in total. The van der Waals surface area contributed by atoms with E-state index in [1.54, 1.807) is 12.1 Å². The standard InChI is InChI=1S/C16H14ClN5O4/c1-8-4-12(19-16(24)26-3)18-6-10(8)14-20-13(17)11-5-9(15(23)25-2)7-22(11)21-14/h4-7H,1-3H3,(H,18,19,24). The number of amides is 1. The number of aromatic nitrogens is 4. The second-order valence-electron chi connectivity index (χ2n) is 5.28. The third kappa shape index (κ3) is 3.29. The minimum Gasteiger partial charge on any atom is -0.465 e. The van der Waals surface area contributed by atoms with E-state index in [1.165, 1.54) is 31.1 Å². The molecule has 134 valence electrons. The second-order valence-corrected chi connectivity index (χ2v) is 5.64. The summed E-state index contributed by atoms with van der Waals surface area (Å²) in [5.41, 5.74) is 2.18. The lowest BCUT2D eigenvalue weighted by molar-refractivity contribution is 0.0601. The molecule has 0 aliphatic carbocycles. The van der Waals surface area contributed by atoms with Crippen LogP contribution in [0.25, 0.3) is 16.9 Å². The van der Waals surface area contributed by atoms with Crippen molar-refractivity contribution < 1.29 is 19.1 Å². The number of methoxy groups -OCH3 is 2. The Morgan fingerprint density at radius 2 is 2.00 bits per heavy atom. The van der Waals surface area contributed by atoms with Crippen LogP contribution in [0.1, 0.15) is 15.9 Å². The zero-order valence-corrected chi connectivity index (χ0v) is 14.9. The topological polar surface area (TPSA) is 108 Å². The molecule has 1 amide bonds. The molecular formula is C16H14ClN5O4. The quantitative estimate of drug-likeness (QED) is 0.701. The fraction of sp³-hybridized carbons (Fsp3) is 0.188. The number of carbonyl (C=O) groups is 2. The lowest BCUT2D eigenvalue weighted by Gasteiger charge is -2.08. The molecule has 0 aliphatic rings. The molecule has 0 saturated carbocycles. The molecule has 1 N–H and O–H groups in total. The Bertz CT molecular complexity index is 1020. The van der Waals surface area contributed by atoms with Crippen LogP contribution in [0.4, 0.5) is 10.6 Å². The third-order valence-corrected chi connectivity index (χ3v) is 3.88. The van der Waals surface area contributed by atoms with Crippen molar-refractivity contribution in [1.82, 2.24) is 19.6 Å². The zero-order chi connectivity index (χ0) is 18.8. The van der Waals surface area contributed by atoms with Crippen LogP contribution in [-0.2, 0) is 9.47 Å². The summed E-state index contributed by atoms with van der Waals surface area (Å²) in [6.07, 6.45) is 2.41. The van der Waals surface area contributed by atoms with Crippen LogP contribution < -0.4 is 5.32 Å². The van der Waals surface area contributed by atoms with Crippen LogP contribution in [0.3, 0.4) is 0 Å². The fourth-order valence-electron chi connectivity index (χ4n) is 2.32. The molecule has 0 fully saturated rings. The second kappa shape index (κ2) is 6.96. The maximum absolute atomic E-state index is 11.7. The maximum atomic E-state index is 11.7. The summed E-state index contributed by atoms with van der Waals surface area (Å²) >= 11 is 6.23. The Morgan fingerprint density at radius 3 is 2.65 bits per heavy atom. The number of fused-ring (bicyclic) bond motifs is 1. The number of rotatable bonds is 3. The molecule has 10 heteroatoms. The summed E-state index contributed by atoms with van der Waals surface area (Å²) in [5, 5.41) is 7.03. The van der Waals surface area contributed by atoms with Crippen molar-refractivity contribution in [2.24, 2.45) is 0 Å². The minimum atomic E-state index is -0.618. The van der Waals surface area contributed by atoms with Gasteiger partial charge >= 0.3 is 12.1 Å². The smallest absolute Gasteiger partial charge is 0.412 e. The van der Waals surface area contributed by atoms with E-state index in [1.807, 2.05) is 6.92 Å². The SMILES string of the molecule is COC(=O)Nc1cc(C)c(-c2nc(Cl)c3cc(C(=O)OC)cn3n2)cn1. The summed E-state index contributed by atoms with van der Waals surface area (Å²) in [4.78, 5) is 31.3. The van der Waals surface area contributed by atoms with E-state index in [2.05, 4.69) is 25.1 Å². The highest BCUT2D eigenvalue weighted by Gasteiger charge is 2.16. The molecule has 0 saturated heterocycles. The summed E-state index contributed by atoms with van der Waals surface area (Å²) in [6.45, 7) is 1.82. The molecule has 0 aliphatic heterocycles. The number of aryl methyl sites for hydroxylation is 1. The summed E-state index contributed by atoms with van der Waals surface area (Å²) in [6, 6.07) is 3.20. The van der Waals surface area contributed by atoms with Crippen molar-refractivity contribution in [2.75, 3.05) is 19.5 Å². The first-order chi connectivity index (χ1) is 12.4. The normalized spacial score (nSPS) is 10.6. The number of carbonyl (C=O) groups excluding carboxylic acids is 2. The first kappa shape index (κ1) is 17.6. The Morgan fingerprint density at radius 1 is 1.23 bits per heavy atom. The van der Waals surface area contributed by atoms with Crippen molar-refractivity contribution in [3.63, 3.8) is 0 Å². The Labute approximate surface area is 152 Å². The van der Waals surface area contributed by atoms with Gasteiger partial charge in [-0.2, -0.15) is 0 Å². The molecule has 0 aromatic carbocycles. The molecule has 3 aromatic heterocycles. The zero-order valence-electron chi connectivity index (χ0n) is 14.1. The van der Waals surface area contributed by atoms with Crippen LogP contribution in [0.2, 0.25) is 5.15 Å². The number of esters is 1. The van der Waals surface area contributed by atoms with Gasteiger partial charge in [-0.15, -0.1) is 5.10 Å². The van der Waals surface area contributed by atoms with Crippen molar-refractivity contribution in [2.45, 2.75) is 6.92 Å². The molecule has 0 radical (unpaired) electrons.